The third kappa shape index (κ3) is 8.53. The summed E-state index contributed by atoms with van der Waals surface area (Å²) in [6.07, 6.45) is 1.55. The Labute approximate surface area is 251 Å². The lowest BCUT2D eigenvalue weighted by Crippen LogP contribution is -2.30. The number of non-ortho nitro benzene ring substituents is 1. The van der Waals surface area contributed by atoms with E-state index in [9.17, 15) is 24.5 Å². The molecule has 0 heterocycles. The van der Waals surface area contributed by atoms with E-state index in [0.717, 1.165) is 4.90 Å². The van der Waals surface area contributed by atoms with Gasteiger partial charge in [-0.1, -0.05) is 48.0 Å². The molecule has 0 saturated heterocycles. The number of hydrogen-bond donors (Lipinski definition) is 3. The Morgan fingerprint density at radius 3 is 2.26 bits per heavy atom. The fourth-order valence-electron chi connectivity index (χ4n) is 3.69. The fourth-order valence-corrected chi connectivity index (χ4v) is 4.52. The van der Waals surface area contributed by atoms with E-state index in [-0.39, 0.29) is 23.0 Å². The number of anilines is 2. The summed E-state index contributed by atoms with van der Waals surface area (Å²) in [7, 11) is 0. The zero-order valence-corrected chi connectivity index (χ0v) is 23.9. The summed E-state index contributed by atoms with van der Waals surface area (Å²) in [5, 5.41) is 19.7. The van der Waals surface area contributed by atoms with Gasteiger partial charge in [-0.25, -0.2) is 0 Å². The number of nitro benzene ring substituents is 1. The molecule has 4 rings (SSSR count). The van der Waals surface area contributed by atoms with Crippen molar-refractivity contribution in [1.82, 2.24) is 5.32 Å². The number of nitrogens with one attached hydrogen (secondary N) is 3. The molecule has 0 atom stereocenters. The molecular formula is C31H25ClN4O5S. The average molecular weight is 601 g/mol. The van der Waals surface area contributed by atoms with Gasteiger partial charge < -0.3 is 16.0 Å². The first-order valence-electron chi connectivity index (χ1n) is 12.6. The fraction of sp³-hybridized carbons (Fsp3) is 0.0645. The molecule has 3 amide bonds. The molecule has 0 saturated carbocycles. The molecule has 0 radical (unpaired) electrons. The number of aryl methyl sites for hydroxylation is 1. The predicted octanol–water partition coefficient (Wildman–Crippen LogP) is 6.70. The molecule has 42 heavy (non-hydrogen) atoms. The molecule has 0 aromatic heterocycles. The maximum Gasteiger partial charge on any atom is 0.272 e. The van der Waals surface area contributed by atoms with Gasteiger partial charge in [0.25, 0.3) is 17.5 Å². The van der Waals surface area contributed by atoms with Crippen LogP contribution in [0, 0.1) is 17.0 Å². The van der Waals surface area contributed by atoms with Crippen LogP contribution in [0.5, 0.6) is 0 Å². The summed E-state index contributed by atoms with van der Waals surface area (Å²) in [5.74, 6) is -1.20. The number of carbonyl (C=O) groups is 3. The quantitative estimate of drug-likeness (QED) is 0.0804. The van der Waals surface area contributed by atoms with Gasteiger partial charge in [0.1, 0.15) is 5.70 Å². The van der Waals surface area contributed by atoms with Crippen LogP contribution in [0.3, 0.4) is 0 Å². The SMILES string of the molecule is Cc1ccc([N+](=O)[O-])cc1NC(=O)CSc1ccc(NC(=O)/C(=C/c2ccc(Cl)cc2)NC(=O)c2ccccc2)cc1. The van der Waals surface area contributed by atoms with Crippen molar-refractivity contribution in [3.05, 3.63) is 135 Å². The highest BCUT2D eigenvalue weighted by atomic mass is 35.5. The number of nitro groups is 1. The maximum absolute atomic E-state index is 13.2. The second kappa shape index (κ2) is 14.1. The Morgan fingerprint density at radius 2 is 1.60 bits per heavy atom. The summed E-state index contributed by atoms with van der Waals surface area (Å²) >= 11 is 7.25. The van der Waals surface area contributed by atoms with E-state index in [1.54, 1.807) is 97.9 Å². The number of halogens is 1. The molecule has 0 spiro atoms. The lowest BCUT2D eigenvalue weighted by molar-refractivity contribution is -0.384. The Hall–Kier alpha value is -4.93. The molecule has 212 valence electrons. The lowest BCUT2D eigenvalue weighted by Gasteiger charge is -2.12. The van der Waals surface area contributed by atoms with Gasteiger partial charge in [-0.2, -0.15) is 0 Å². The molecule has 0 fully saturated rings. The topological polar surface area (TPSA) is 130 Å². The molecule has 0 aliphatic heterocycles. The standard InChI is InChI=1S/C31H25ClN4O5S/c1-20-7-14-25(36(40)41)18-27(20)34-29(37)19-42-26-15-12-24(13-16-26)33-31(39)28(17-21-8-10-23(32)11-9-21)35-30(38)22-5-3-2-4-6-22/h2-18H,19H2,1H3,(H,33,39)(H,34,37)(H,35,38)/b28-17-. The van der Waals surface area contributed by atoms with E-state index in [0.29, 0.717) is 33.1 Å². The van der Waals surface area contributed by atoms with Gasteiger partial charge in [-0.15, -0.1) is 11.8 Å². The van der Waals surface area contributed by atoms with E-state index in [2.05, 4.69) is 16.0 Å². The maximum atomic E-state index is 13.2. The monoisotopic (exact) mass is 600 g/mol. The first kappa shape index (κ1) is 30.0. The van der Waals surface area contributed by atoms with Crippen LogP contribution < -0.4 is 16.0 Å². The highest BCUT2D eigenvalue weighted by molar-refractivity contribution is 8.00. The predicted molar refractivity (Wildman–Crippen MR) is 166 cm³/mol. The number of carbonyl (C=O) groups excluding carboxylic acids is 3. The minimum absolute atomic E-state index is 0.0396. The highest BCUT2D eigenvalue weighted by Crippen LogP contribution is 2.24. The van der Waals surface area contributed by atoms with Crippen LogP contribution in [0.25, 0.3) is 6.08 Å². The van der Waals surface area contributed by atoms with Crippen molar-refractivity contribution in [1.29, 1.82) is 0 Å². The number of thioether (sulfide) groups is 1. The Morgan fingerprint density at radius 1 is 0.905 bits per heavy atom. The Balaban J connectivity index is 1.39. The van der Waals surface area contributed by atoms with Crippen LogP contribution in [0.15, 0.2) is 108 Å². The average Bonchev–Trinajstić information content (AvgIpc) is 2.99. The normalized spacial score (nSPS) is 11.0. The number of hydrogen-bond acceptors (Lipinski definition) is 6. The number of rotatable bonds is 10. The van der Waals surface area contributed by atoms with Crippen molar-refractivity contribution in [2.45, 2.75) is 11.8 Å². The van der Waals surface area contributed by atoms with Crippen LogP contribution >= 0.6 is 23.4 Å². The zero-order chi connectivity index (χ0) is 30.1. The first-order chi connectivity index (χ1) is 20.2. The minimum atomic E-state index is -0.527. The Bertz CT molecular complexity index is 1640. The molecule has 0 unspecified atom stereocenters. The largest absolute Gasteiger partial charge is 0.325 e. The molecule has 0 aliphatic rings. The van der Waals surface area contributed by atoms with Gasteiger partial charge in [0.2, 0.25) is 5.91 Å². The third-order valence-corrected chi connectivity index (χ3v) is 7.16. The van der Waals surface area contributed by atoms with Crippen LogP contribution in [0.2, 0.25) is 5.02 Å². The number of nitrogens with zero attached hydrogens (tertiary/aromatic N) is 1. The van der Waals surface area contributed by atoms with Crippen molar-refractivity contribution >= 4 is 64.2 Å². The van der Waals surface area contributed by atoms with Gasteiger partial charge in [0.05, 0.1) is 16.4 Å². The van der Waals surface area contributed by atoms with Gasteiger partial charge in [-0.3, -0.25) is 24.5 Å². The second-order valence-corrected chi connectivity index (χ2v) is 10.5. The lowest BCUT2D eigenvalue weighted by atomic mass is 10.1. The third-order valence-electron chi connectivity index (χ3n) is 5.90. The molecule has 0 bridgehead atoms. The number of amides is 3. The molecule has 11 heteroatoms. The smallest absolute Gasteiger partial charge is 0.272 e. The van der Waals surface area contributed by atoms with Crippen LogP contribution in [-0.2, 0) is 9.59 Å². The van der Waals surface area contributed by atoms with Crippen LogP contribution in [0.1, 0.15) is 21.5 Å². The summed E-state index contributed by atoms with van der Waals surface area (Å²) in [6, 6.07) is 26.5. The van der Waals surface area contributed by atoms with Crippen molar-refractivity contribution in [3.63, 3.8) is 0 Å². The summed E-state index contributed by atoms with van der Waals surface area (Å²) in [5.41, 5.74) is 2.58. The molecular weight excluding hydrogens is 576 g/mol. The Kier molecular flexibility index (Phi) is 10.1. The molecule has 3 N–H and O–H groups in total. The molecule has 4 aromatic rings. The van der Waals surface area contributed by atoms with Crippen LogP contribution in [-0.4, -0.2) is 28.4 Å². The van der Waals surface area contributed by atoms with Crippen molar-refractivity contribution in [2.75, 3.05) is 16.4 Å². The zero-order valence-electron chi connectivity index (χ0n) is 22.3. The molecule has 9 nitrogen and oxygen atoms in total. The van der Waals surface area contributed by atoms with Crippen LogP contribution in [0.4, 0.5) is 17.1 Å². The molecule has 0 aliphatic carbocycles. The van der Waals surface area contributed by atoms with Crippen molar-refractivity contribution in [3.8, 4) is 0 Å². The highest BCUT2D eigenvalue weighted by Gasteiger charge is 2.16. The minimum Gasteiger partial charge on any atom is -0.325 e. The number of benzene rings is 4. The van der Waals surface area contributed by atoms with Gasteiger partial charge >= 0.3 is 0 Å². The van der Waals surface area contributed by atoms with E-state index in [1.165, 1.54) is 23.9 Å². The van der Waals surface area contributed by atoms with Crippen molar-refractivity contribution < 1.29 is 19.3 Å². The summed E-state index contributed by atoms with van der Waals surface area (Å²) < 4.78 is 0. The van der Waals surface area contributed by atoms with E-state index in [4.69, 9.17) is 11.6 Å². The summed E-state index contributed by atoms with van der Waals surface area (Å²) in [6.45, 7) is 1.75. The van der Waals surface area contributed by atoms with Gasteiger partial charge in [0, 0.05) is 33.3 Å². The summed E-state index contributed by atoms with van der Waals surface area (Å²) in [4.78, 5) is 49.7. The van der Waals surface area contributed by atoms with E-state index in [1.807, 2.05) is 0 Å². The van der Waals surface area contributed by atoms with Gasteiger partial charge in [0.15, 0.2) is 0 Å². The van der Waals surface area contributed by atoms with Crippen molar-refractivity contribution in [2.24, 2.45) is 0 Å². The van der Waals surface area contributed by atoms with E-state index < -0.39 is 16.7 Å². The molecule has 4 aromatic carbocycles. The van der Waals surface area contributed by atoms with E-state index >= 15 is 0 Å². The second-order valence-electron chi connectivity index (χ2n) is 9.00. The first-order valence-corrected chi connectivity index (χ1v) is 14.0. The van der Waals surface area contributed by atoms with Gasteiger partial charge in [-0.05, 0) is 72.7 Å².